The van der Waals surface area contributed by atoms with Gasteiger partial charge in [0.05, 0.1) is 5.69 Å². The second-order valence-electron chi connectivity index (χ2n) is 4.93. The smallest absolute Gasteiger partial charge is 0.0508 e. The lowest BCUT2D eigenvalue weighted by molar-refractivity contribution is 0.196. The van der Waals surface area contributed by atoms with E-state index >= 15 is 0 Å². The summed E-state index contributed by atoms with van der Waals surface area (Å²) in [6.07, 6.45) is 2.97. The Hall–Kier alpha value is -0.580. The summed E-state index contributed by atoms with van der Waals surface area (Å²) >= 11 is 3.65. The van der Waals surface area contributed by atoms with Crippen LogP contribution in [0.3, 0.4) is 0 Å². The summed E-state index contributed by atoms with van der Waals surface area (Å²) in [5, 5.41) is 0. The second kappa shape index (κ2) is 8.56. The Bertz CT molecular complexity index is 384. The Kier molecular flexibility index (Phi) is 7.42. The van der Waals surface area contributed by atoms with Crippen LogP contribution in [0.4, 0.5) is 5.69 Å². The third-order valence-electron chi connectivity index (χ3n) is 3.29. The van der Waals surface area contributed by atoms with Crippen LogP contribution in [-0.2, 0) is 11.2 Å². The first-order valence-corrected chi connectivity index (χ1v) is 7.61. The van der Waals surface area contributed by atoms with E-state index in [2.05, 4.69) is 53.0 Å². The fourth-order valence-electron chi connectivity index (χ4n) is 2.00. The molecule has 0 aliphatic heterocycles. The normalized spacial score (nSPS) is 12.5. The SMILES string of the molecule is CCC(N)Cc1ccc(N(C)CCCOC)c(Br)c1. The summed E-state index contributed by atoms with van der Waals surface area (Å²) in [7, 11) is 3.84. The highest BCUT2D eigenvalue weighted by Gasteiger charge is 2.08. The highest BCUT2D eigenvalue weighted by Crippen LogP contribution is 2.27. The van der Waals surface area contributed by atoms with Gasteiger partial charge in [0.15, 0.2) is 0 Å². The molecule has 0 saturated carbocycles. The maximum absolute atomic E-state index is 5.99. The molecule has 1 unspecified atom stereocenters. The summed E-state index contributed by atoms with van der Waals surface area (Å²) in [5.41, 5.74) is 8.49. The molecule has 0 radical (unpaired) electrons. The molecule has 0 saturated heterocycles. The van der Waals surface area contributed by atoms with Crippen LogP contribution in [0.15, 0.2) is 22.7 Å². The van der Waals surface area contributed by atoms with E-state index in [4.69, 9.17) is 10.5 Å². The van der Waals surface area contributed by atoms with E-state index in [0.29, 0.717) is 0 Å². The molecule has 0 heterocycles. The van der Waals surface area contributed by atoms with Crippen LogP contribution in [0.25, 0.3) is 0 Å². The van der Waals surface area contributed by atoms with Crippen molar-refractivity contribution in [3.05, 3.63) is 28.2 Å². The van der Waals surface area contributed by atoms with E-state index in [1.54, 1.807) is 7.11 Å². The van der Waals surface area contributed by atoms with Gasteiger partial charge < -0.3 is 15.4 Å². The highest BCUT2D eigenvalue weighted by atomic mass is 79.9. The predicted molar refractivity (Wildman–Crippen MR) is 85.9 cm³/mol. The molecule has 2 N–H and O–H groups in total. The van der Waals surface area contributed by atoms with E-state index in [-0.39, 0.29) is 6.04 Å². The monoisotopic (exact) mass is 328 g/mol. The number of hydrogen-bond donors (Lipinski definition) is 1. The molecule has 108 valence electrons. The van der Waals surface area contributed by atoms with Crippen LogP contribution in [0, 0.1) is 0 Å². The van der Waals surface area contributed by atoms with Crippen LogP contribution in [0.5, 0.6) is 0 Å². The Morgan fingerprint density at radius 2 is 2.16 bits per heavy atom. The second-order valence-corrected chi connectivity index (χ2v) is 5.78. The number of anilines is 1. The van der Waals surface area contributed by atoms with E-state index in [0.717, 1.165) is 36.9 Å². The summed E-state index contributed by atoms with van der Waals surface area (Å²) in [6.45, 7) is 3.91. The standard InChI is InChI=1S/C15H25BrN2O/c1-4-13(17)10-12-6-7-15(14(16)11-12)18(2)8-5-9-19-3/h6-7,11,13H,4-5,8-10,17H2,1-3H3. The van der Waals surface area contributed by atoms with E-state index in [9.17, 15) is 0 Å². The van der Waals surface area contributed by atoms with Crippen LogP contribution in [-0.4, -0.2) is 33.4 Å². The minimum Gasteiger partial charge on any atom is -0.385 e. The van der Waals surface area contributed by atoms with E-state index in [1.165, 1.54) is 11.3 Å². The van der Waals surface area contributed by atoms with Crippen LogP contribution in [0.2, 0.25) is 0 Å². The van der Waals surface area contributed by atoms with Gasteiger partial charge in [-0.15, -0.1) is 0 Å². The number of halogens is 1. The Morgan fingerprint density at radius 1 is 1.42 bits per heavy atom. The molecule has 0 aliphatic carbocycles. The molecule has 0 bridgehead atoms. The summed E-state index contributed by atoms with van der Waals surface area (Å²) in [4.78, 5) is 2.24. The maximum atomic E-state index is 5.99. The number of nitrogens with two attached hydrogens (primary N) is 1. The zero-order chi connectivity index (χ0) is 14.3. The van der Waals surface area contributed by atoms with Crippen molar-refractivity contribution in [3.8, 4) is 0 Å². The van der Waals surface area contributed by atoms with Crippen molar-refractivity contribution in [1.29, 1.82) is 0 Å². The zero-order valence-corrected chi connectivity index (χ0v) is 13.7. The van der Waals surface area contributed by atoms with E-state index in [1.807, 2.05) is 0 Å². The van der Waals surface area contributed by atoms with Gasteiger partial charge in [-0.05, 0) is 52.9 Å². The van der Waals surface area contributed by atoms with E-state index < -0.39 is 0 Å². The fourth-order valence-corrected chi connectivity index (χ4v) is 2.73. The van der Waals surface area contributed by atoms with Crippen LogP contribution < -0.4 is 10.6 Å². The molecular formula is C15H25BrN2O. The van der Waals surface area contributed by atoms with Gasteiger partial charge in [0.25, 0.3) is 0 Å². The number of hydrogen-bond acceptors (Lipinski definition) is 3. The van der Waals surface area contributed by atoms with Gasteiger partial charge in [0, 0.05) is 37.8 Å². The molecule has 1 rings (SSSR count). The predicted octanol–water partition coefficient (Wildman–Crippen LogP) is 3.20. The molecule has 0 aromatic heterocycles. The molecule has 0 amide bonds. The van der Waals surface area contributed by atoms with Crippen molar-refractivity contribution in [1.82, 2.24) is 0 Å². The molecule has 1 aromatic rings. The average Bonchev–Trinajstić information content (AvgIpc) is 2.38. The van der Waals surface area contributed by atoms with Gasteiger partial charge in [0.1, 0.15) is 0 Å². The van der Waals surface area contributed by atoms with Gasteiger partial charge in [-0.2, -0.15) is 0 Å². The maximum Gasteiger partial charge on any atom is 0.0508 e. The number of nitrogens with zero attached hydrogens (tertiary/aromatic N) is 1. The van der Waals surface area contributed by atoms with Crippen LogP contribution >= 0.6 is 15.9 Å². The fraction of sp³-hybridized carbons (Fsp3) is 0.600. The van der Waals surface area contributed by atoms with Crippen molar-refractivity contribution in [2.45, 2.75) is 32.2 Å². The Balaban J connectivity index is 2.65. The molecule has 0 fully saturated rings. The number of benzene rings is 1. The molecule has 1 aromatic carbocycles. The lowest BCUT2D eigenvalue weighted by Gasteiger charge is -2.21. The molecular weight excluding hydrogens is 304 g/mol. The first-order chi connectivity index (χ1) is 9.08. The molecule has 0 aliphatic rings. The first-order valence-electron chi connectivity index (χ1n) is 6.82. The number of methoxy groups -OCH3 is 1. The van der Waals surface area contributed by atoms with Crippen molar-refractivity contribution in [3.63, 3.8) is 0 Å². The summed E-state index contributed by atoms with van der Waals surface area (Å²) in [6, 6.07) is 6.76. The van der Waals surface area contributed by atoms with Crippen molar-refractivity contribution >= 4 is 21.6 Å². The van der Waals surface area contributed by atoms with Crippen molar-refractivity contribution < 1.29 is 4.74 Å². The van der Waals surface area contributed by atoms with Gasteiger partial charge in [0.2, 0.25) is 0 Å². The van der Waals surface area contributed by atoms with Gasteiger partial charge in [-0.3, -0.25) is 0 Å². The third-order valence-corrected chi connectivity index (χ3v) is 3.92. The highest BCUT2D eigenvalue weighted by molar-refractivity contribution is 9.10. The number of ether oxygens (including phenoxy) is 1. The zero-order valence-electron chi connectivity index (χ0n) is 12.2. The van der Waals surface area contributed by atoms with Gasteiger partial charge in [-0.1, -0.05) is 13.0 Å². The third kappa shape index (κ3) is 5.51. The minimum absolute atomic E-state index is 0.247. The topological polar surface area (TPSA) is 38.5 Å². The average molecular weight is 329 g/mol. The lowest BCUT2D eigenvalue weighted by atomic mass is 10.0. The number of rotatable bonds is 8. The first kappa shape index (κ1) is 16.5. The lowest BCUT2D eigenvalue weighted by Crippen LogP contribution is -2.22. The van der Waals surface area contributed by atoms with Crippen molar-refractivity contribution in [2.24, 2.45) is 5.73 Å². The minimum atomic E-state index is 0.247. The van der Waals surface area contributed by atoms with Crippen molar-refractivity contribution in [2.75, 3.05) is 32.2 Å². The summed E-state index contributed by atoms with van der Waals surface area (Å²) in [5.74, 6) is 0. The Labute approximate surface area is 125 Å². The van der Waals surface area contributed by atoms with Gasteiger partial charge in [-0.25, -0.2) is 0 Å². The molecule has 1 atom stereocenters. The quantitative estimate of drug-likeness (QED) is 0.745. The van der Waals surface area contributed by atoms with Gasteiger partial charge >= 0.3 is 0 Å². The molecule has 4 heteroatoms. The summed E-state index contributed by atoms with van der Waals surface area (Å²) < 4.78 is 6.21. The molecule has 0 spiro atoms. The largest absolute Gasteiger partial charge is 0.385 e. The molecule has 3 nitrogen and oxygen atoms in total. The Morgan fingerprint density at radius 3 is 2.74 bits per heavy atom. The molecule has 19 heavy (non-hydrogen) atoms. The van der Waals surface area contributed by atoms with Crippen LogP contribution in [0.1, 0.15) is 25.3 Å².